The van der Waals surface area contributed by atoms with Crippen molar-refractivity contribution in [3.63, 3.8) is 0 Å². The number of amides is 1. The summed E-state index contributed by atoms with van der Waals surface area (Å²) in [5, 5.41) is 0.541. The number of benzene rings is 1. The van der Waals surface area contributed by atoms with Crippen LogP contribution in [0.5, 0.6) is 5.88 Å². The number of pyridine rings is 1. The third-order valence-corrected chi connectivity index (χ3v) is 5.50. The molecule has 0 bridgehead atoms. The quantitative estimate of drug-likeness (QED) is 0.236. The Labute approximate surface area is 202 Å². The Bertz CT molecular complexity index is 989. The summed E-state index contributed by atoms with van der Waals surface area (Å²) >= 11 is 5.88. The monoisotopic (exact) mass is 471 g/mol. The summed E-state index contributed by atoms with van der Waals surface area (Å²) in [4.78, 5) is 23.9. The zero-order chi connectivity index (χ0) is 24.5. The van der Waals surface area contributed by atoms with Gasteiger partial charge in [0.05, 0.1) is 22.7 Å². The number of carbonyl (C=O) groups excluding carboxylic acids is 1. The minimum absolute atomic E-state index is 0.117. The fraction of sp³-hybridized carbons (Fsp3) is 0.423. The summed E-state index contributed by atoms with van der Waals surface area (Å²) in [6.45, 7) is 16.7. The van der Waals surface area contributed by atoms with Gasteiger partial charge in [-0.2, -0.15) is 0 Å². The highest BCUT2D eigenvalue weighted by atomic mass is 35.5. The zero-order valence-corrected chi connectivity index (χ0v) is 21.1. The van der Waals surface area contributed by atoms with Crippen LogP contribution in [0.4, 0.5) is 0 Å². The average Bonchev–Trinajstić information content (AvgIpc) is 2.78. The van der Waals surface area contributed by atoms with E-state index in [1.165, 1.54) is 6.20 Å². The van der Waals surface area contributed by atoms with E-state index < -0.39 is 0 Å². The Kier molecular flexibility index (Phi) is 9.92. The number of aryl methyl sites for hydroxylation is 1. The van der Waals surface area contributed by atoms with Gasteiger partial charge in [-0.05, 0) is 52.3 Å². The van der Waals surface area contributed by atoms with Crippen LogP contribution in [-0.2, 0) is 4.74 Å². The first-order valence-electron chi connectivity index (χ1n) is 11.2. The maximum atomic E-state index is 13.5. The minimum atomic E-state index is -0.183. The second-order valence-electron chi connectivity index (χ2n) is 8.05. The fourth-order valence-electron chi connectivity index (χ4n) is 3.29. The third kappa shape index (κ3) is 7.60. The maximum absolute atomic E-state index is 13.5. The van der Waals surface area contributed by atoms with E-state index in [-0.39, 0.29) is 18.0 Å². The normalized spacial score (nSPS) is 13.2. The van der Waals surface area contributed by atoms with Crippen LogP contribution in [0.2, 0.25) is 5.02 Å². The van der Waals surface area contributed by atoms with Crippen LogP contribution in [0, 0.1) is 6.92 Å². The molecular formula is C26H34ClN3O3. The number of ether oxygens (including phenoxy) is 2. The average molecular weight is 472 g/mol. The second kappa shape index (κ2) is 12.4. The molecule has 1 aromatic carbocycles. The fourth-order valence-corrected chi connectivity index (χ4v) is 3.40. The van der Waals surface area contributed by atoms with Crippen molar-refractivity contribution in [2.75, 3.05) is 13.2 Å². The Morgan fingerprint density at radius 1 is 1.21 bits per heavy atom. The number of likely N-dealkylation sites (N-methyl/N-ethyl adjacent to an activating group) is 1. The standard InChI is InChI=1S/C26H34ClN3O3/c1-8-18(4)29-21(7)33-20(6)24-14-17(3)10-12-23(24)26(31)30(9-2)19(5)16-32-25-13-11-22(27)15-28-25/h10-15,18-19H,6,8-9,16H2,1-5,7H3. The molecule has 7 heteroatoms. The van der Waals surface area contributed by atoms with Gasteiger partial charge in [-0.15, -0.1) is 0 Å². The molecule has 2 atom stereocenters. The smallest absolute Gasteiger partial charge is 0.254 e. The van der Waals surface area contributed by atoms with Crippen LogP contribution in [0.15, 0.2) is 48.1 Å². The van der Waals surface area contributed by atoms with Crippen molar-refractivity contribution < 1.29 is 14.3 Å². The lowest BCUT2D eigenvalue weighted by Gasteiger charge is -2.29. The second-order valence-corrected chi connectivity index (χ2v) is 8.48. The van der Waals surface area contributed by atoms with Gasteiger partial charge in [0.15, 0.2) is 5.90 Å². The van der Waals surface area contributed by atoms with E-state index in [9.17, 15) is 4.79 Å². The molecule has 0 N–H and O–H groups in total. The molecule has 0 fully saturated rings. The van der Waals surface area contributed by atoms with Crippen molar-refractivity contribution in [1.29, 1.82) is 0 Å². The zero-order valence-electron chi connectivity index (χ0n) is 20.4. The molecule has 0 radical (unpaired) electrons. The number of halogens is 1. The van der Waals surface area contributed by atoms with Crippen LogP contribution >= 0.6 is 11.6 Å². The molecule has 1 amide bonds. The number of carbonyl (C=O) groups is 1. The SMILES string of the molecule is C=C(OC(C)=NC(C)CC)c1cc(C)ccc1C(=O)N(CC)C(C)COc1ccc(Cl)cn1. The van der Waals surface area contributed by atoms with Crippen molar-refractivity contribution >= 4 is 29.2 Å². The highest BCUT2D eigenvalue weighted by Gasteiger charge is 2.24. The molecule has 0 aliphatic rings. The van der Waals surface area contributed by atoms with Gasteiger partial charge in [-0.1, -0.05) is 36.7 Å². The Morgan fingerprint density at radius 2 is 1.94 bits per heavy atom. The number of aliphatic imine (C=N–C) groups is 1. The summed E-state index contributed by atoms with van der Waals surface area (Å²) in [5.41, 5.74) is 2.20. The largest absolute Gasteiger partial charge is 0.475 e. The first kappa shape index (κ1) is 26.4. The first-order valence-corrected chi connectivity index (χ1v) is 11.6. The molecule has 2 aromatic rings. The summed E-state index contributed by atoms with van der Waals surface area (Å²) in [7, 11) is 0. The van der Waals surface area contributed by atoms with Crippen molar-refractivity contribution in [3.05, 3.63) is 64.8 Å². The molecule has 0 spiro atoms. The molecule has 178 valence electrons. The summed E-state index contributed by atoms with van der Waals surface area (Å²) < 4.78 is 11.7. The Morgan fingerprint density at radius 3 is 2.55 bits per heavy atom. The predicted octanol–water partition coefficient (Wildman–Crippen LogP) is 6.18. The van der Waals surface area contributed by atoms with E-state index >= 15 is 0 Å². The van der Waals surface area contributed by atoms with E-state index in [0.29, 0.717) is 46.8 Å². The molecular weight excluding hydrogens is 438 g/mol. The van der Waals surface area contributed by atoms with Crippen molar-refractivity contribution in [3.8, 4) is 5.88 Å². The van der Waals surface area contributed by atoms with E-state index in [1.807, 2.05) is 45.9 Å². The van der Waals surface area contributed by atoms with Crippen LogP contribution < -0.4 is 4.74 Å². The van der Waals surface area contributed by atoms with E-state index in [4.69, 9.17) is 21.1 Å². The van der Waals surface area contributed by atoms with Crippen molar-refractivity contribution in [2.45, 2.75) is 60.0 Å². The van der Waals surface area contributed by atoms with Gasteiger partial charge in [0, 0.05) is 31.3 Å². The van der Waals surface area contributed by atoms with Gasteiger partial charge in [0.2, 0.25) is 5.88 Å². The van der Waals surface area contributed by atoms with Crippen LogP contribution in [0.1, 0.15) is 62.5 Å². The van der Waals surface area contributed by atoms with Crippen LogP contribution in [0.25, 0.3) is 5.76 Å². The van der Waals surface area contributed by atoms with Crippen molar-refractivity contribution in [2.24, 2.45) is 4.99 Å². The van der Waals surface area contributed by atoms with Gasteiger partial charge in [-0.25, -0.2) is 4.98 Å². The van der Waals surface area contributed by atoms with E-state index in [0.717, 1.165) is 12.0 Å². The Balaban J connectivity index is 2.21. The summed E-state index contributed by atoms with van der Waals surface area (Å²) in [6.07, 6.45) is 2.44. The molecule has 0 aliphatic carbocycles. The lowest BCUT2D eigenvalue weighted by Crippen LogP contribution is -2.42. The molecule has 2 unspecified atom stereocenters. The summed E-state index contributed by atoms with van der Waals surface area (Å²) in [6, 6.07) is 9.04. The van der Waals surface area contributed by atoms with Gasteiger partial charge in [-0.3, -0.25) is 9.79 Å². The molecule has 0 aliphatic heterocycles. The summed E-state index contributed by atoms with van der Waals surface area (Å²) in [5.74, 6) is 1.27. The number of hydrogen-bond donors (Lipinski definition) is 0. The van der Waals surface area contributed by atoms with Gasteiger partial charge in [0.25, 0.3) is 5.91 Å². The van der Waals surface area contributed by atoms with Crippen LogP contribution in [-0.4, -0.2) is 46.9 Å². The van der Waals surface area contributed by atoms with Crippen LogP contribution in [0.3, 0.4) is 0 Å². The van der Waals surface area contributed by atoms with Gasteiger partial charge < -0.3 is 14.4 Å². The topological polar surface area (TPSA) is 64.0 Å². The lowest BCUT2D eigenvalue weighted by atomic mass is 10.0. The molecule has 1 aromatic heterocycles. The van der Waals surface area contributed by atoms with Gasteiger partial charge in [0.1, 0.15) is 12.4 Å². The third-order valence-electron chi connectivity index (χ3n) is 5.28. The molecule has 2 rings (SSSR count). The Hall–Kier alpha value is -2.86. The molecule has 0 saturated heterocycles. The number of nitrogens with zero attached hydrogens (tertiary/aromatic N) is 3. The first-order chi connectivity index (χ1) is 15.7. The highest BCUT2D eigenvalue weighted by molar-refractivity contribution is 6.30. The number of aromatic nitrogens is 1. The van der Waals surface area contributed by atoms with Crippen molar-refractivity contribution in [1.82, 2.24) is 9.88 Å². The highest BCUT2D eigenvalue weighted by Crippen LogP contribution is 2.24. The lowest BCUT2D eigenvalue weighted by molar-refractivity contribution is 0.0646. The van der Waals surface area contributed by atoms with Gasteiger partial charge >= 0.3 is 0 Å². The minimum Gasteiger partial charge on any atom is -0.475 e. The predicted molar refractivity (Wildman–Crippen MR) is 135 cm³/mol. The molecule has 1 heterocycles. The number of hydrogen-bond acceptors (Lipinski definition) is 5. The molecule has 0 saturated carbocycles. The van der Waals surface area contributed by atoms with E-state index in [2.05, 4.69) is 23.5 Å². The maximum Gasteiger partial charge on any atom is 0.254 e. The van der Waals surface area contributed by atoms with E-state index in [1.54, 1.807) is 24.0 Å². The number of rotatable bonds is 10. The molecule has 6 nitrogen and oxygen atoms in total. The molecule has 33 heavy (non-hydrogen) atoms.